The number of carbonyl (C=O) groups is 1. The van der Waals surface area contributed by atoms with Crippen molar-refractivity contribution in [3.63, 3.8) is 0 Å². The first-order valence-corrected chi connectivity index (χ1v) is 11.1. The number of carboxylic acids is 1. The van der Waals surface area contributed by atoms with Gasteiger partial charge in [0.25, 0.3) is 0 Å². The van der Waals surface area contributed by atoms with Crippen LogP contribution in [0, 0.1) is 6.92 Å². The number of rotatable bonds is 12. The molecule has 0 radical (unpaired) electrons. The number of aryl methyl sites for hydroxylation is 1. The Balaban J connectivity index is 2.58. The fourth-order valence-corrected chi connectivity index (χ4v) is 3.18. The minimum atomic E-state index is -1.06. The first-order valence-electron chi connectivity index (χ1n) is 11.1. The summed E-state index contributed by atoms with van der Waals surface area (Å²) in [6, 6.07) is 2.96. The molecule has 1 aromatic carbocycles. The van der Waals surface area contributed by atoms with Crippen LogP contribution in [0.5, 0.6) is 11.5 Å². The third-order valence-electron chi connectivity index (χ3n) is 5.28. The molecule has 1 rings (SSSR count). The van der Waals surface area contributed by atoms with Gasteiger partial charge in [0.1, 0.15) is 11.5 Å². The second kappa shape index (κ2) is 12.9. The van der Waals surface area contributed by atoms with Gasteiger partial charge in [0.2, 0.25) is 0 Å². The van der Waals surface area contributed by atoms with Crippen molar-refractivity contribution in [2.24, 2.45) is 0 Å². The lowest BCUT2D eigenvalue weighted by Gasteiger charge is -2.18. The lowest BCUT2D eigenvalue weighted by Crippen LogP contribution is -2.19. The summed E-state index contributed by atoms with van der Waals surface area (Å²) in [5, 5.41) is 39.7. The molecule has 32 heavy (non-hydrogen) atoms. The fourth-order valence-electron chi connectivity index (χ4n) is 3.18. The van der Waals surface area contributed by atoms with Gasteiger partial charge in [0.15, 0.2) is 0 Å². The van der Waals surface area contributed by atoms with Gasteiger partial charge in [0.05, 0.1) is 5.60 Å². The first-order chi connectivity index (χ1) is 14.9. The van der Waals surface area contributed by atoms with Crippen LogP contribution in [0.2, 0.25) is 0 Å². The Morgan fingerprint density at radius 3 is 2.25 bits per heavy atom. The van der Waals surface area contributed by atoms with Gasteiger partial charge >= 0.3 is 5.97 Å². The van der Waals surface area contributed by atoms with Gasteiger partial charge in [0, 0.05) is 11.1 Å². The minimum Gasteiger partial charge on any atom is -0.508 e. The lowest BCUT2D eigenvalue weighted by molar-refractivity contribution is -0.132. The Morgan fingerprint density at radius 2 is 1.62 bits per heavy atom. The van der Waals surface area contributed by atoms with E-state index >= 15 is 0 Å². The van der Waals surface area contributed by atoms with Crippen LogP contribution < -0.4 is 0 Å². The largest absolute Gasteiger partial charge is 0.508 e. The van der Waals surface area contributed by atoms with E-state index in [0.717, 1.165) is 18.4 Å². The number of phenols is 2. The Labute approximate surface area is 192 Å². The van der Waals surface area contributed by atoms with Crippen LogP contribution in [0.4, 0.5) is 0 Å². The lowest BCUT2D eigenvalue weighted by atomic mass is 9.96. The van der Waals surface area contributed by atoms with E-state index in [1.807, 2.05) is 26.8 Å². The van der Waals surface area contributed by atoms with Crippen molar-refractivity contribution in [1.82, 2.24) is 0 Å². The molecule has 1 atom stereocenters. The number of hydrogen-bond donors (Lipinski definition) is 4. The fraction of sp³-hybridized carbons (Fsp3) is 0.444. The number of aliphatic hydroxyl groups is 1. The van der Waals surface area contributed by atoms with E-state index in [9.17, 15) is 25.2 Å². The SMILES string of the molecule is CC(C)=CCC/C(=C/CC/C(C)=C/CC[C@@](C)(O)/C=C\c1cc(O)c(C)cc1O)C(=O)O. The highest BCUT2D eigenvalue weighted by molar-refractivity contribution is 5.86. The molecule has 0 saturated heterocycles. The predicted octanol–water partition coefficient (Wildman–Crippen LogP) is 6.43. The average Bonchev–Trinajstić information content (AvgIpc) is 2.68. The summed E-state index contributed by atoms with van der Waals surface area (Å²) in [7, 11) is 0. The van der Waals surface area contributed by atoms with E-state index < -0.39 is 11.6 Å². The molecule has 4 N–H and O–H groups in total. The monoisotopic (exact) mass is 442 g/mol. The molecule has 0 aromatic heterocycles. The van der Waals surface area contributed by atoms with E-state index in [1.165, 1.54) is 17.7 Å². The molecule has 0 aliphatic carbocycles. The van der Waals surface area contributed by atoms with E-state index in [2.05, 4.69) is 6.08 Å². The van der Waals surface area contributed by atoms with Crippen molar-refractivity contribution in [3.8, 4) is 11.5 Å². The third kappa shape index (κ3) is 10.5. The van der Waals surface area contributed by atoms with Crippen molar-refractivity contribution < 1.29 is 25.2 Å². The van der Waals surface area contributed by atoms with Gasteiger partial charge in [-0.25, -0.2) is 4.79 Å². The third-order valence-corrected chi connectivity index (χ3v) is 5.28. The Hall–Kier alpha value is -2.79. The van der Waals surface area contributed by atoms with E-state index in [-0.39, 0.29) is 11.5 Å². The highest BCUT2D eigenvalue weighted by atomic mass is 16.4. The van der Waals surface area contributed by atoms with Crippen molar-refractivity contribution in [2.45, 2.75) is 78.7 Å². The zero-order valence-corrected chi connectivity index (χ0v) is 20.0. The van der Waals surface area contributed by atoms with Crippen LogP contribution in [-0.2, 0) is 4.79 Å². The number of aromatic hydroxyl groups is 2. The Bertz CT molecular complexity index is 897. The smallest absolute Gasteiger partial charge is 0.331 e. The minimum absolute atomic E-state index is 0.0534. The summed E-state index contributed by atoms with van der Waals surface area (Å²) in [5.74, 6) is -0.708. The highest BCUT2D eigenvalue weighted by Gasteiger charge is 2.15. The summed E-state index contributed by atoms with van der Waals surface area (Å²) in [6.45, 7) is 9.42. The normalized spacial score (nSPS) is 14.4. The molecule has 0 unspecified atom stereocenters. The number of allylic oxidation sites excluding steroid dienone is 5. The molecule has 0 saturated carbocycles. The van der Waals surface area contributed by atoms with Crippen LogP contribution in [-0.4, -0.2) is 32.0 Å². The van der Waals surface area contributed by atoms with Gasteiger partial charge in [-0.05, 0) is 90.8 Å². The standard InChI is InChI=1S/C27H38O5/c1-19(2)9-6-12-22(26(30)31)13-7-10-20(3)11-8-15-27(5,32)16-14-23-18-24(28)21(4)17-25(23)29/h9,11,13-14,16-18,28-29,32H,6-8,10,12,15H2,1-5H3,(H,30,31)/b16-14-,20-11+,22-13-/t27-/m1/s1. The molecule has 0 spiro atoms. The maximum Gasteiger partial charge on any atom is 0.331 e. The van der Waals surface area contributed by atoms with Crippen LogP contribution in [0.3, 0.4) is 0 Å². The van der Waals surface area contributed by atoms with Crippen LogP contribution in [0.15, 0.2) is 53.2 Å². The zero-order chi connectivity index (χ0) is 24.3. The number of phenolic OH excluding ortho intramolecular Hbond substituents is 2. The number of benzene rings is 1. The molecule has 0 heterocycles. The van der Waals surface area contributed by atoms with Gasteiger partial charge in [-0.1, -0.05) is 41.5 Å². The van der Waals surface area contributed by atoms with Gasteiger partial charge < -0.3 is 20.4 Å². The predicted molar refractivity (Wildman–Crippen MR) is 131 cm³/mol. The number of hydrogen-bond acceptors (Lipinski definition) is 4. The van der Waals surface area contributed by atoms with E-state index in [4.69, 9.17) is 0 Å². The summed E-state index contributed by atoms with van der Waals surface area (Å²) < 4.78 is 0. The molecule has 0 amide bonds. The molecule has 0 fully saturated rings. The Morgan fingerprint density at radius 1 is 0.969 bits per heavy atom. The van der Waals surface area contributed by atoms with Gasteiger partial charge in [-0.3, -0.25) is 0 Å². The first kappa shape index (κ1) is 27.2. The van der Waals surface area contributed by atoms with Crippen LogP contribution in [0.25, 0.3) is 6.08 Å². The quantitative estimate of drug-likeness (QED) is 0.170. The van der Waals surface area contributed by atoms with Crippen molar-refractivity contribution in [1.29, 1.82) is 0 Å². The Kier molecular flexibility index (Phi) is 11.0. The van der Waals surface area contributed by atoms with Gasteiger partial charge in [-0.15, -0.1) is 0 Å². The van der Waals surface area contributed by atoms with Crippen molar-refractivity contribution in [3.05, 3.63) is 64.3 Å². The molecule has 0 bridgehead atoms. The van der Waals surface area contributed by atoms with E-state index in [0.29, 0.717) is 42.4 Å². The summed E-state index contributed by atoms with van der Waals surface area (Å²) in [5.41, 5.74) is 2.76. The molecule has 5 heteroatoms. The molecule has 0 aliphatic rings. The molecule has 5 nitrogen and oxygen atoms in total. The van der Waals surface area contributed by atoms with Crippen LogP contribution >= 0.6 is 0 Å². The average molecular weight is 443 g/mol. The van der Waals surface area contributed by atoms with Crippen molar-refractivity contribution in [2.75, 3.05) is 0 Å². The zero-order valence-electron chi connectivity index (χ0n) is 20.0. The molecular formula is C27H38O5. The number of carboxylic acid groups (broad SMARTS) is 1. The summed E-state index contributed by atoms with van der Waals surface area (Å²) in [4.78, 5) is 11.4. The molecule has 176 valence electrons. The molecule has 1 aromatic rings. The second-order valence-corrected chi connectivity index (χ2v) is 8.87. The van der Waals surface area contributed by atoms with Crippen molar-refractivity contribution >= 4 is 12.0 Å². The number of aliphatic carboxylic acids is 1. The summed E-state index contributed by atoms with van der Waals surface area (Å²) in [6.07, 6.45) is 13.0. The van der Waals surface area contributed by atoms with E-state index in [1.54, 1.807) is 32.1 Å². The van der Waals surface area contributed by atoms with Crippen LogP contribution in [0.1, 0.15) is 77.3 Å². The van der Waals surface area contributed by atoms with Gasteiger partial charge in [-0.2, -0.15) is 0 Å². The second-order valence-electron chi connectivity index (χ2n) is 8.87. The maximum atomic E-state index is 11.4. The maximum absolute atomic E-state index is 11.4. The summed E-state index contributed by atoms with van der Waals surface area (Å²) >= 11 is 0. The molecular weight excluding hydrogens is 404 g/mol. The highest BCUT2D eigenvalue weighted by Crippen LogP contribution is 2.28. The molecule has 0 aliphatic heterocycles. The topological polar surface area (TPSA) is 98.0 Å².